The molecule has 0 unspecified atom stereocenters. The van der Waals surface area contributed by atoms with Gasteiger partial charge in [-0.25, -0.2) is 4.98 Å². The number of likely N-dealkylation sites (tertiary alicyclic amines) is 1. The molecule has 0 saturated carbocycles. The molecule has 11 heteroatoms. The van der Waals surface area contributed by atoms with Crippen molar-refractivity contribution in [3.63, 3.8) is 0 Å². The maximum absolute atomic E-state index is 13.3. The molecule has 2 fully saturated rings. The third-order valence-electron chi connectivity index (χ3n) is 9.31. The van der Waals surface area contributed by atoms with E-state index in [9.17, 15) is 22.8 Å². The molecule has 3 aromatic carbocycles. The van der Waals surface area contributed by atoms with Crippen molar-refractivity contribution in [1.82, 2.24) is 20.5 Å². The molecule has 6 rings (SSSR count). The number of benzene rings is 3. The number of rotatable bonds is 9. The summed E-state index contributed by atoms with van der Waals surface area (Å²) in [6.07, 6.45) is 0.588. The van der Waals surface area contributed by atoms with Crippen LogP contribution in [0.3, 0.4) is 0 Å². The smallest absolute Gasteiger partial charge is 0.406 e. The van der Waals surface area contributed by atoms with Crippen LogP contribution < -0.4 is 20.3 Å². The normalized spacial score (nSPS) is 16.3. The second-order valence-electron chi connectivity index (χ2n) is 12.7. The van der Waals surface area contributed by atoms with Crippen molar-refractivity contribution in [3.8, 4) is 16.9 Å². The van der Waals surface area contributed by atoms with Gasteiger partial charge >= 0.3 is 6.36 Å². The molecule has 4 aromatic rings. The number of hydrogen-bond acceptors (Lipinski definition) is 6. The molecule has 1 aromatic heterocycles. The number of amides is 2. The summed E-state index contributed by atoms with van der Waals surface area (Å²) in [7, 11) is 0. The summed E-state index contributed by atoms with van der Waals surface area (Å²) in [6.45, 7) is 6.00. The third-order valence-corrected chi connectivity index (χ3v) is 9.31. The lowest BCUT2D eigenvalue weighted by Crippen LogP contribution is -2.45. The fourth-order valence-corrected chi connectivity index (χ4v) is 6.60. The van der Waals surface area contributed by atoms with Crippen molar-refractivity contribution >= 4 is 17.6 Å². The first-order valence-corrected chi connectivity index (χ1v) is 16.7. The molecule has 2 saturated heterocycles. The van der Waals surface area contributed by atoms with E-state index in [0.717, 1.165) is 80.9 Å². The van der Waals surface area contributed by atoms with Crippen LogP contribution >= 0.6 is 0 Å². The predicted molar refractivity (Wildman–Crippen MR) is 182 cm³/mol. The lowest BCUT2D eigenvalue weighted by molar-refractivity contribution is -0.274. The van der Waals surface area contributed by atoms with Crippen LogP contribution in [0.4, 0.5) is 19.0 Å². The molecule has 0 aliphatic carbocycles. The Balaban J connectivity index is 0.948. The van der Waals surface area contributed by atoms with Gasteiger partial charge in [0.1, 0.15) is 11.6 Å². The van der Waals surface area contributed by atoms with Gasteiger partial charge < -0.3 is 20.3 Å². The standard InChI is InChI=1S/C38H40F3N5O3/c1-26-33(28-11-13-32(14-12-28)49-38(39,40)41)8-5-9-34(26)37(48)44-30-16-20-45(21-17-30)25-27-10-15-35(42-24-27)46-22-18-31(19-23-46)43-36(47)29-6-3-2-4-7-29/h2-15,24,30-31H,16-23,25H2,1H3,(H,43,47)(H,44,48). The Kier molecular flexibility index (Phi) is 10.5. The molecule has 256 valence electrons. The van der Waals surface area contributed by atoms with Gasteiger partial charge in [-0.2, -0.15) is 0 Å². The van der Waals surface area contributed by atoms with Crippen LogP contribution in [-0.2, 0) is 6.54 Å². The summed E-state index contributed by atoms with van der Waals surface area (Å²) < 4.78 is 41.6. The highest BCUT2D eigenvalue weighted by Gasteiger charge is 2.31. The molecule has 2 aliphatic heterocycles. The molecule has 2 aliphatic rings. The van der Waals surface area contributed by atoms with Gasteiger partial charge in [0.05, 0.1) is 0 Å². The van der Waals surface area contributed by atoms with Crippen molar-refractivity contribution in [3.05, 3.63) is 113 Å². The molecule has 49 heavy (non-hydrogen) atoms. The molecular weight excluding hydrogens is 631 g/mol. The molecule has 2 amide bonds. The zero-order valence-electron chi connectivity index (χ0n) is 27.4. The third kappa shape index (κ3) is 8.97. The van der Waals surface area contributed by atoms with Crippen molar-refractivity contribution in [2.45, 2.75) is 57.6 Å². The van der Waals surface area contributed by atoms with Crippen LogP contribution in [0, 0.1) is 6.92 Å². The minimum atomic E-state index is -4.75. The van der Waals surface area contributed by atoms with Gasteiger partial charge in [-0.15, -0.1) is 13.2 Å². The summed E-state index contributed by atoms with van der Waals surface area (Å²) >= 11 is 0. The topological polar surface area (TPSA) is 86.8 Å². The number of piperidine rings is 2. The Hall–Kier alpha value is -4.90. The van der Waals surface area contributed by atoms with E-state index in [0.29, 0.717) is 16.7 Å². The molecule has 0 atom stereocenters. The van der Waals surface area contributed by atoms with Gasteiger partial charge in [-0.05, 0) is 91.3 Å². The van der Waals surface area contributed by atoms with Crippen LogP contribution in [0.15, 0.2) is 91.1 Å². The van der Waals surface area contributed by atoms with E-state index in [-0.39, 0.29) is 29.6 Å². The number of nitrogens with one attached hydrogen (secondary N) is 2. The summed E-state index contributed by atoms with van der Waals surface area (Å²) in [5, 5.41) is 6.34. The number of carbonyl (C=O) groups is 2. The van der Waals surface area contributed by atoms with Gasteiger partial charge in [-0.1, -0.05) is 48.5 Å². The Labute approximate surface area is 284 Å². The number of carbonyl (C=O) groups excluding carboxylic acids is 2. The van der Waals surface area contributed by atoms with E-state index in [1.807, 2.05) is 49.5 Å². The predicted octanol–water partition coefficient (Wildman–Crippen LogP) is 6.75. The van der Waals surface area contributed by atoms with Crippen LogP contribution in [0.2, 0.25) is 0 Å². The minimum absolute atomic E-state index is 0.0263. The highest BCUT2D eigenvalue weighted by atomic mass is 19.4. The fourth-order valence-electron chi connectivity index (χ4n) is 6.60. The molecule has 0 bridgehead atoms. The molecular formula is C38H40F3N5O3. The SMILES string of the molecule is Cc1c(C(=O)NC2CCN(Cc3ccc(N4CCC(NC(=O)c5ccccc5)CC4)nc3)CC2)cccc1-c1ccc(OC(F)(F)F)cc1. The van der Waals surface area contributed by atoms with Gasteiger partial charge in [0.2, 0.25) is 0 Å². The van der Waals surface area contributed by atoms with Crippen LogP contribution in [0.5, 0.6) is 5.75 Å². The Morgan fingerprint density at radius 2 is 1.45 bits per heavy atom. The zero-order chi connectivity index (χ0) is 34.4. The fraction of sp³-hybridized carbons (Fsp3) is 0.342. The molecule has 8 nitrogen and oxygen atoms in total. The maximum atomic E-state index is 13.3. The first kappa shape index (κ1) is 34.0. The van der Waals surface area contributed by atoms with Gasteiger partial charge in [0, 0.05) is 62.1 Å². The Morgan fingerprint density at radius 3 is 2.08 bits per heavy atom. The number of anilines is 1. The maximum Gasteiger partial charge on any atom is 0.573 e. The highest BCUT2D eigenvalue weighted by Crippen LogP contribution is 2.30. The average molecular weight is 672 g/mol. The van der Waals surface area contributed by atoms with Crippen LogP contribution in [0.1, 0.15) is 57.5 Å². The summed E-state index contributed by atoms with van der Waals surface area (Å²) in [5.41, 5.74) is 4.61. The Bertz CT molecular complexity index is 1720. The number of halogens is 3. The second-order valence-corrected chi connectivity index (χ2v) is 12.7. The van der Waals surface area contributed by atoms with E-state index in [2.05, 4.69) is 37.3 Å². The number of nitrogens with zero attached hydrogens (tertiary/aromatic N) is 3. The second kappa shape index (κ2) is 15.1. The largest absolute Gasteiger partial charge is 0.573 e. The number of alkyl halides is 3. The van der Waals surface area contributed by atoms with Gasteiger partial charge in [-0.3, -0.25) is 14.5 Å². The lowest BCUT2D eigenvalue weighted by atomic mass is 9.95. The quantitative estimate of drug-likeness (QED) is 0.205. The van der Waals surface area contributed by atoms with Crippen LogP contribution in [0.25, 0.3) is 11.1 Å². The number of pyridine rings is 1. The van der Waals surface area contributed by atoms with Crippen LogP contribution in [-0.4, -0.2) is 66.3 Å². The molecule has 0 radical (unpaired) electrons. The van der Waals surface area contributed by atoms with Crippen molar-refractivity contribution < 1.29 is 27.5 Å². The average Bonchev–Trinajstić information content (AvgIpc) is 3.10. The van der Waals surface area contributed by atoms with E-state index in [4.69, 9.17) is 4.98 Å². The first-order valence-electron chi connectivity index (χ1n) is 16.7. The lowest BCUT2D eigenvalue weighted by Gasteiger charge is -2.34. The molecule has 0 spiro atoms. The van der Waals surface area contributed by atoms with Gasteiger partial charge in [0.15, 0.2) is 0 Å². The van der Waals surface area contributed by atoms with E-state index >= 15 is 0 Å². The highest BCUT2D eigenvalue weighted by molar-refractivity contribution is 5.97. The summed E-state index contributed by atoms with van der Waals surface area (Å²) in [5.74, 6) is 0.477. The number of ether oxygens (including phenoxy) is 1. The van der Waals surface area contributed by atoms with E-state index in [1.165, 1.54) is 12.1 Å². The molecule has 2 N–H and O–H groups in total. The van der Waals surface area contributed by atoms with Gasteiger partial charge in [0.25, 0.3) is 11.8 Å². The van der Waals surface area contributed by atoms with E-state index < -0.39 is 6.36 Å². The molecule has 3 heterocycles. The minimum Gasteiger partial charge on any atom is -0.406 e. The summed E-state index contributed by atoms with van der Waals surface area (Å²) in [6, 6.07) is 24.8. The number of aromatic nitrogens is 1. The monoisotopic (exact) mass is 671 g/mol. The van der Waals surface area contributed by atoms with E-state index in [1.54, 1.807) is 24.3 Å². The first-order chi connectivity index (χ1) is 23.6. The van der Waals surface area contributed by atoms with Crippen molar-refractivity contribution in [2.24, 2.45) is 0 Å². The zero-order valence-corrected chi connectivity index (χ0v) is 27.4. The van der Waals surface area contributed by atoms with Crippen molar-refractivity contribution in [2.75, 3.05) is 31.1 Å². The summed E-state index contributed by atoms with van der Waals surface area (Å²) in [4.78, 5) is 35.2. The number of hydrogen-bond donors (Lipinski definition) is 2. The van der Waals surface area contributed by atoms with Crippen molar-refractivity contribution in [1.29, 1.82) is 0 Å². The Morgan fingerprint density at radius 1 is 0.796 bits per heavy atom.